The van der Waals surface area contributed by atoms with Crippen LogP contribution in [-0.2, 0) is 14.3 Å². The Kier molecular flexibility index (Phi) is 62.4. The van der Waals surface area contributed by atoms with Gasteiger partial charge in [-0.1, -0.05) is 334 Å². The van der Waals surface area contributed by atoms with E-state index in [1.807, 2.05) is 6.08 Å². The number of carbonyl (C=O) groups excluding carboxylic acids is 2. The normalized spacial score (nSPS) is 12.6. The van der Waals surface area contributed by atoms with Gasteiger partial charge in [-0.3, -0.25) is 9.59 Å². The number of hydrogen-bond acceptors (Lipinski definition) is 5. The van der Waals surface area contributed by atoms with Gasteiger partial charge >= 0.3 is 5.97 Å². The van der Waals surface area contributed by atoms with Crippen LogP contribution in [0.5, 0.6) is 0 Å². The van der Waals surface area contributed by atoms with E-state index in [0.717, 1.165) is 44.9 Å². The molecule has 0 aromatic rings. The van der Waals surface area contributed by atoms with Crippen molar-refractivity contribution in [2.45, 2.75) is 386 Å². The van der Waals surface area contributed by atoms with Gasteiger partial charge in [0.25, 0.3) is 0 Å². The minimum Gasteiger partial charge on any atom is -0.466 e. The number of ether oxygens (including phenoxy) is 1. The highest BCUT2D eigenvalue weighted by Gasteiger charge is 2.18. The minimum atomic E-state index is -0.840. The monoisotopic (exact) mass is 1040 g/mol. The molecule has 0 saturated carbocycles. The van der Waals surface area contributed by atoms with Crippen molar-refractivity contribution in [3.05, 3.63) is 24.3 Å². The molecule has 2 atom stereocenters. The first kappa shape index (κ1) is 72.3. The fraction of sp³-hybridized carbons (Fsp3) is 0.912. The van der Waals surface area contributed by atoms with E-state index >= 15 is 0 Å². The van der Waals surface area contributed by atoms with Crippen LogP contribution in [0.3, 0.4) is 0 Å². The number of aliphatic hydroxyl groups excluding tert-OH is 2. The molecule has 0 bridgehead atoms. The number of hydrogen-bond donors (Lipinski definition) is 3. The summed E-state index contributed by atoms with van der Waals surface area (Å²) in [6.07, 6.45) is 79.8. The highest BCUT2D eigenvalue weighted by atomic mass is 16.5. The zero-order valence-corrected chi connectivity index (χ0v) is 50.1. The lowest BCUT2D eigenvalue weighted by Gasteiger charge is -2.20. The summed E-state index contributed by atoms with van der Waals surface area (Å²) in [6.45, 7) is 4.89. The van der Waals surface area contributed by atoms with Gasteiger partial charge in [0, 0.05) is 12.8 Å². The lowest BCUT2D eigenvalue weighted by Crippen LogP contribution is -2.45. The van der Waals surface area contributed by atoms with E-state index in [1.165, 1.54) is 302 Å². The third-order valence-corrected chi connectivity index (χ3v) is 15.7. The van der Waals surface area contributed by atoms with Crippen LogP contribution >= 0.6 is 0 Å². The molecule has 0 spiro atoms. The van der Waals surface area contributed by atoms with E-state index in [-0.39, 0.29) is 18.5 Å². The molecule has 6 heteroatoms. The van der Waals surface area contributed by atoms with Gasteiger partial charge in [-0.05, 0) is 51.4 Å². The summed E-state index contributed by atoms with van der Waals surface area (Å²) in [4.78, 5) is 24.5. The molecule has 0 aliphatic heterocycles. The van der Waals surface area contributed by atoms with Gasteiger partial charge in [0.2, 0.25) is 5.91 Å². The molecule has 0 fully saturated rings. The number of amides is 1. The van der Waals surface area contributed by atoms with Crippen LogP contribution in [0.25, 0.3) is 0 Å². The summed E-state index contributed by atoms with van der Waals surface area (Å²) in [5.41, 5.74) is 0. The van der Waals surface area contributed by atoms with Crippen LogP contribution in [0.1, 0.15) is 373 Å². The third kappa shape index (κ3) is 59.6. The molecule has 0 aromatic carbocycles. The van der Waals surface area contributed by atoms with Crippen LogP contribution in [0.4, 0.5) is 0 Å². The Morgan fingerprint density at radius 2 is 0.649 bits per heavy atom. The van der Waals surface area contributed by atoms with Crippen molar-refractivity contribution in [3.8, 4) is 0 Å². The molecule has 3 N–H and O–H groups in total. The molecule has 2 unspecified atom stereocenters. The third-order valence-electron chi connectivity index (χ3n) is 15.7. The number of esters is 1. The number of nitrogens with one attached hydrogen (secondary N) is 1. The van der Waals surface area contributed by atoms with E-state index in [2.05, 4.69) is 31.3 Å². The minimum absolute atomic E-state index is 0.0105. The highest BCUT2D eigenvalue weighted by molar-refractivity contribution is 5.76. The lowest BCUT2D eigenvalue weighted by atomic mass is 10.0. The quantitative estimate of drug-likeness (QED) is 0.0320. The molecule has 0 heterocycles. The van der Waals surface area contributed by atoms with E-state index in [0.29, 0.717) is 19.4 Å². The van der Waals surface area contributed by atoms with E-state index < -0.39 is 12.1 Å². The number of allylic oxidation sites excluding steroid dienone is 3. The number of carbonyl (C=O) groups is 2. The average molecular weight is 1040 g/mol. The number of aliphatic hydroxyl groups is 2. The highest BCUT2D eigenvalue weighted by Crippen LogP contribution is 2.19. The first-order valence-corrected chi connectivity index (χ1v) is 33.6. The van der Waals surface area contributed by atoms with Crippen molar-refractivity contribution in [2.75, 3.05) is 13.2 Å². The average Bonchev–Trinajstić information content (AvgIpc) is 3.40. The Morgan fingerprint density at radius 3 is 1.00 bits per heavy atom. The van der Waals surface area contributed by atoms with Crippen LogP contribution in [0.2, 0.25) is 0 Å². The maximum Gasteiger partial charge on any atom is 0.305 e. The molecule has 74 heavy (non-hydrogen) atoms. The maximum atomic E-state index is 12.5. The molecule has 6 nitrogen and oxygen atoms in total. The van der Waals surface area contributed by atoms with Gasteiger partial charge in [0.1, 0.15) is 0 Å². The van der Waals surface area contributed by atoms with E-state index in [4.69, 9.17) is 4.74 Å². The van der Waals surface area contributed by atoms with Crippen LogP contribution in [0, 0.1) is 0 Å². The van der Waals surface area contributed by atoms with Gasteiger partial charge < -0.3 is 20.3 Å². The summed E-state index contributed by atoms with van der Waals surface area (Å²) < 4.78 is 5.47. The first-order valence-electron chi connectivity index (χ1n) is 33.6. The Balaban J connectivity index is 3.32. The number of rotatable bonds is 63. The summed E-state index contributed by atoms with van der Waals surface area (Å²) in [5, 5.41) is 23.1. The van der Waals surface area contributed by atoms with Crippen molar-refractivity contribution >= 4 is 11.9 Å². The molecule has 0 aliphatic carbocycles. The molecule has 438 valence electrons. The first-order chi connectivity index (χ1) is 36.5. The van der Waals surface area contributed by atoms with Gasteiger partial charge in [-0.15, -0.1) is 0 Å². The van der Waals surface area contributed by atoms with E-state index in [1.54, 1.807) is 6.08 Å². The molecule has 0 rings (SSSR count). The Morgan fingerprint density at radius 1 is 0.365 bits per heavy atom. The van der Waals surface area contributed by atoms with E-state index in [9.17, 15) is 19.8 Å². The van der Waals surface area contributed by atoms with Crippen molar-refractivity contribution in [1.82, 2.24) is 5.32 Å². The fourth-order valence-electron chi connectivity index (χ4n) is 10.6. The molecule has 1 amide bonds. The van der Waals surface area contributed by atoms with Gasteiger partial charge in [0.15, 0.2) is 0 Å². The second-order valence-corrected chi connectivity index (χ2v) is 23.2. The standard InChI is InChI=1S/C68H131NO5/c1-3-5-7-9-11-13-15-37-41-44-48-52-56-60-66(71)65(64-70)69-67(72)61-57-53-49-45-42-38-35-33-31-29-27-25-23-21-19-17-16-18-20-22-24-26-28-30-32-34-36-39-43-47-51-55-59-63-74-68(73)62-58-54-50-46-40-14-12-10-8-6-4-2/h10,12,56,60,65-66,70-71H,3-9,11,13-55,57-59,61-64H2,1-2H3,(H,69,72)/b12-10-,60-56+. The van der Waals surface area contributed by atoms with Crippen molar-refractivity contribution in [1.29, 1.82) is 0 Å². The molecule has 0 aromatic heterocycles. The molecule has 0 aliphatic rings. The Bertz CT molecular complexity index is 1150. The summed E-state index contributed by atoms with van der Waals surface area (Å²) in [6, 6.07) is -0.623. The van der Waals surface area contributed by atoms with Crippen LogP contribution < -0.4 is 5.32 Å². The smallest absolute Gasteiger partial charge is 0.305 e. The SMILES string of the molecule is CCCC/C=C\CCCCCCCC(=O)OCCCCCCCCCCCCCCCCCCCCCCCCCCCCCCCCCCCC(=O)NC(CO)C(O)/C=C/CCCCCCCCCCCCC. The zero-order chi connectivity index (χ0) is 53.6. The van der Waals surface area contributed by atoms with Gasteiger partial charge in [-0.2, -0.15) is 0 Å². The molecular weight excluding hydrogens is 911 g/mol. The zero-order valence-electron chi connectivity index (χ0n) is 50.1. The topological polar surface area (TPSA) is 95.9 Å². The summed E-state index contributed by atoms with van der Waals surface area (Å²) in [5.74, 6) is -0.0513. The van der Waals surface area contributed by atoms with Crippen molar-refractivity contribution in [2.24, 2.45) is 0 Å². The maximum absolute atomic E-state index is 12.5. The Labute approximate surface area is 462 Å². The van der Waals surface area contributed by atoms with Crippen molar-refractivity contribution in [3.63, 3.8) is 0 Å². The van der Waals surface area contributed by atoms with Gasteiger partial charge in [0.05, 0.1) is 25.4 Å². The van der Waals surface area contributed by atoms with Crippen molar-refractivity contribution < 1.29 is 24.5 Å². The summed E-state index contributed by atoms with van der Waals surface area (Å²) >= 11 is 0. The second-order valence-electron chi connectivity index (χ2n) is 23.2. The molecule has 0 saturated heterocycles. The molecular formula is C68H131NO5. The number of unbranched alkanes of at least 4 members (excludes halogenated alkanes) is 50. The van der Waals surface area contributed by atoms with Crippen LogP contribution in [-0.4, -0.2) is 47.4 Å². The predicted octanol–water partition coefficient (Wildman–Crippen LogP) is 21.4. The lowest BCUT2D eigenvalue weighted by molar-refractivity contribution is -0.143. The fourth-order valence-corrected chi connectivity index (χ4v) is 10.6. The van der Waals surface area contributed by atoms with Gasteiger partial charge in [-0.25, -0.2) is 0 Å². The molecule has 0 radical (unpaired) electrons. The van der Waals surface area contributed by atoms with Crippen LogP contribution in [0.15, 0.2) is 24.3 Å². The predicted molar refractivity (Wildman–Crippen MR) is 324 cm³/mol. The second kappa shape index (κ2) is 63.9. The summed E-state index contributed by atoms with van der Waals surface area (Å²) in [7, 11) is 0. The Hall–Kier alpha value is -1.66. The largest absolute Gasteiger partial charge is 0.466 e.